The second-order valence-corrected chi connectivity index (χ2v) is 9.58. The summed E-state index contributed by atoms with van der Waals surface area (Å²) in [6.07, 6.45) is -3.56. The molecule has 1 spiro atoms. The lowest BCUT2D eigenvalue weighted by molar-refractivity contribution is -0.193. The molecular formula is C27H26F6N4O5. The average molecular weight is 601 g/mol. The molecule has 0 radical (unpaired) electrons. The number of carbonyl (C=O) groups is 2. The third kappa shape index (κ3) is 8.45. The monoisotopic (exact) mass is 600 g/mol. The van der Waals surface area contributed by atoms with Gasteiger partial charge in [-0.25, -0.2) is 19.6 Å². The van der Waals surface area contributed by atoms with Crippen molar-refractivity contribution >= 4 is 11.9 Å². The number of carboxylic acid groups (broad SMARTS) is 2. The Balaban J connectivity index is 0.000000289. The van der Waals surface area contributed by atoms with Gasteiger partial charge in [0.05, 0.1) is 24.3 Å². The summed E-state index contributed by atoms with van der Waals surface area (Å²) in [7, 11) is 0. The van der Waals surface area contributed by atoms with E-state index in [-0.39, 0.29) is 5.41 Å². The molecule has 42 heavy (non-hydrogen) atoms. The van der Waals surface area contributed by atoms with Gasteiger partial charge in [0.25, 0.3) is 0 Å². The Morgan fingerprint density at radius 1 is 1.00 bits per heavy atom. The van der Waals surface area contributed by atoms with Crippen LogP contribution in [0.1, 0.15) is 28.8 Å². The summed E-state index contributed by atoms with van der Waals surface area (Å²) in [5.74, 6) is -4.76. The second kappa shape index (κ2) is 13.2. The molecule has 5 rings (SSSR count). The molecule has 0 amide bonds. The van der Waals surface area contributed by atoms with Crippen molar-refractivity contribution in [1.82, 2.24) is 19.9 Å². The molecule has 0 bridgehead atoms. The van der Waals surface area contributed by atoms with E-state index in [2.05, 4.69) is 46.1 Å². The summed E-state index contributed by atoms with van der Waals surface area (Å²) < 4.78 is 69.5. The van der Waals surface area contributed by atoms with Crippen LogP contribution >= 0.6 is 0 Å². The largest absolute Gasteiger partial charge is 0.490 e. The van der Waals surface area contributed by atoms with Gasteiger partial charge < -0.3 is 14.9 Å². The van der Waals surface area contributed by atoms with E-state index in [1.165, 1.54) is 16.8 Å². The number of aryl methyl sites for hydroxylation is 1. The lowest BCUT2D eigenvalue weighted by Crippen LogP contribution is -2.40. The maximum atomic E-state index is 10.6. The molecule has 1 fully saturated rings. The smallest absolute Gasteiger partial charge is 0.475 e. The Hall–Kier alpha value is -4.11. The van der Waals surface area contributed by atoms with Crippen molar-refractivity contribution in [2.45, 2.75) is 44.3 Å². The number of hydrogen-bond acceptors (Lipinski definition) is 7. The summed E-state index contributed by atoms with van der Waals surface area (Å²) in [6, 6.07) is 12.6. The van der Waals surface area contributed by atoms with E-state index in [0.717, 1.165) is 49.6 Å². The third-order valence-corrected chi connectivity index (χ3v) is 6.50. The first-order valence-corrected chi connectivity index (χ1v) is 12.3. The molecule has 1 unspecified atom stereocenters. The molecule has 1 saturated heterocycles. The predicted octanol–water partition coefficient (Wildman–Crippen LogP) is 4.79. The van der Waals surface area contributed by atoms with Gasteiger partial charge in [-0.1, -0.05) is 24.3 Å². The Morgan fingerprint density at radius 3 is 2.21 bits per heavy atom. The number of aliphatic carboxylic acids is 2. The summed E-state index contributed by atoms with van der Waals surface area (Å²) in [5, 5.41) is 14.2. The van der Waals surface area contributed by atoms with Crippen molar-refractivity contribution < 1.29 is 50.9 Å². The van der Waals surface area contributed by atoms with Crippen LogP contribution in [0.4, 0.5) is 26.3 Å². The minimum absolute atomic E-state index is 0.0455. The minimum Gasteiger partial charge on any atom is -0.475 e. The van der Waals surface area contributed by atoms with Crippen LogP contribution in [0.25, 0.3) is 11.4 Å². The minimum atomic E-state index is -5.08. The van der Waals surface area contributed by atoms with Crippen LogP contribution < -0.4 is 0 Å². The third-order valence-electron chi connectivity index (χ3n) is 6.50. The van der Waals surface area contributed by atoms with Crippen molar-refractivity contribution in [2.75, 3.05) is 19.7 Å². The average Bonchev–Trinajstić information content (AvgIpc) is 3.33. The van der Waals surface area contributed by atoms with Gasteiger partial charge in [-0.2, -0.15) is 26.3 Å². The number of alkyl halides is 6. The highest BCUT2D eigenvalue weighted by molar-refractivity contribution is 5.73. The second-order valence-electron chi connectivity index (χ2n) is 9.58. The molecule has 2 aromatic heterocycles. The van der Waals surface area contributed by atoms with Crippen LogP contribution in [0.2, 0.25) is 0 Å². The number of aromatic nitrogens is 3. The highest BCUT2D eigenvalue weighted by Gasteiger charge is 2.45. The first kappa shape index (κ1) is 32.4. The lowest BCUT2D eigenvalue weighted by atomic mass is 9.80. The molecule has 226 valence electrons. The highest BCUT2D eigenvalue weighted by Crippen LogP contribution is 2.40. The topological polar surface area (TPSA) is 126 Å². The highest BCUT2D eigenvalue weighted by atomic mass is 19.4. The summed E-state index contributed by atoms with van der Waals surface area (Å²) in [5.41, 5.74) is 5.95. The van der Waals surface area contributed by atoms with Crippen LogP contribution in [-0.4, -0.2) is 74.1 Å². The molecule has 0 saturated carbocycles. The van der Waals surface area contributed by atoms with Crippen LogP contribution in [0, 0.1) is 6.92 Å². The normalized spacial score (nSPS) is 18.3. The molecule has 4 heterocycles. The van der Waals surface area contributed by atoms with E-state index in [4.69, 9.17) is 29.5 Å². The molecule has 2 aliphatic heterocycles. The van der Waals surface area contributed by atoms with Gasteiger partial charge in [0.2, 0.25) is 0 Å². The fourth-order valence-corrected chi connectivity index (χ4v) is 4.46. The van der Waals surface area contributed by atoms with Crippen LogP contribution in [0.3, 0.4) is 0 Å². The number of hydrogen-bond donors (Lipinski definition) is 2. The molecule has 2 N–H and O–H groups in total. The first-order valence-electron chi connectivity index (χ1n) is 12.3. The Morgan fingerprint density at radius 2 is 1.64 bits per heavy atom. The van der Waals surface area contributed by atoms with E-state index in [1.807, 2.05) is 24.5 Å². The Kier molecular flexibility index (Phi) is 10.2. The van der Waals surface area contributed by atoms with E-state index < -0.39 is 24.3 Å². The number of nitrogens with zero attached hydrogens (tertiary/aromatic N) is 4. The maximum Gasteiger partial charge on any atom is 0.490 e. The molecule has 3 aromatic rings. The maximum absolute atomic E-state index is 10.6. The molecule has 0 aliphatic carbocycles. The van der Waals surface area contributed by atoms with E-state index in [9.17, 15) is 26.3 Å². The lowest BCUT2D eigenvalue weighted by Gasteiger charge is -2.34. The Labute approximate surface area is 235 Å². The Bertz CT molecular complexity index is 1360. The molecule has 2 aliphatic rings. The molecule has 9 nitrogen and oxygen atoms in total. The van der Waals surface area contributed by atoms with Gasteiger partial charge in [0.15, 0.2) is 5.82 Å². The van der Waals surface area contributed by atoms with Crippen LogP contribution in [0.5, 0.6) is 0 Å². The quantitative estimate of drug-likeness (QED) is 0.409. The number of fused-ring (bicyclic) bond motifs is 2. The number of rotatable bonds is 3. The number of pyridine rings is 1. The van der Waals surface area contributed by atoms with Crippen molar-refractivity contribution in [1.29, 1.82) is 0 Å². The van der Waals surface area contributed by atoms with E-state index in [0.29, 0.717) is 6.61 Å². The fraction of sp³-hybridized carbons (Fsp3) is 0.370. The van der Waals surface area contributed by atoms with Crippen molar-refractivity contribution in [3.05, 3.63) is 77.4 Å². The number of likely N-dealkylation sites (tertiary alicyclic amines) is 1. The predicted molar refractivity (Wildman–Crippen MR) is 135 cm³/mol. The first-order chi connectivity index (χ1) is 19.6. The summed E-state index contributed by atoms with van der Waals surface area (Å²) >= 11 is 0. The zero-order valence-electron chi connectivity index (χ0n) is 22.1. The van der Waals surface area contributed by atoms with Gasteiger partial charge in [-0.15, -0.1) is 0 Å². The van der Waals surface area contributed by atoms with Gasteiger partial charge in [-0.05, 0) is 43.1 Å². The fourth-order valence-electron chi connectivity index (χ4n) is 4.46. The number of benzene rings is 1. The number of halogens is 6. The summed E-state index contributed by atoms with van der Waals surface area (Å²) in [6.45, 7) is 6.52. The van der Waals surface area contributed by atoms with E-state index >= 15 is 0 Å². The van der Waals surface area contributed by atoms with Gasteiger partial charge >= 0.3 is 24.3 Å². The SMILES string of the molecule is Cc1ccccc1CN1CCC2(COCc3cnc(-c4cccnc4)nc32)C1.O=C(O)C(F)(F)F.O=C(O)C(F)(F)F. The summed E-state index contributed by atoms with van der Waals surface area (Å²) in [4.78, 5) is 34.1. The standard InChI is InChI=1S/C23H24N4O.2C2HF3O2/c1-17-5-2-3-6-19(17)13-27-10-8-23(15-27)16-28-14-20-12-25-22(26-21(20)23)18-7-4-9-24-11-18;2*3-2(4,5)1(6)7/h2-7,9,11-12H,8,10,13-16H2,1H3;2*(H,6,7). The molecule has 15 heteroatoms. The van der Waals surface area contributed by atoms with Gasteiger partial charge in [0.1, 0.15) is 0 Å². The molecule has 1 aromatic carbocycles. The molecular weight excluding hydrogens is 574 g/mol. The van der Waals surface area contributed by atoms with Crippen molar-refractivity contribution in [3.63, 3.8) is 0 Å². The van der Waals surface area contributed by atoms with Crippen molar-refractivity contribution in [2.24, 2.45) is 0 Å². The van der Waals surface area contributed by atoms with E-state index in [1.54, 1.807) is 6.20 Å². The van der Waals surface area contributed by atoms with Crippen LogP contribution in [-0.2, 0) is 32.9 Å². The molecule has 1 atom stereocenters. The van der Waals surface area contributed by atoms with Gasteiger partial charge in [-0.3, -0.25) is 9.88 Å². The zero-order chi connectivity index (χ0) is 31.1. The van der Waals surface area contributed by atoms with Gasteiger partial charge in [0, 0.05) is 42.8 Å². The van der Waals surface area contributed by atoms with Crippen LogP contribution in [0.15, 0.2) is 55.0 Å². The van der Waals surface area contributed by atoms with Crippen molar-refractivity contribution in [3.8, 4) is 11.4 Å². The zero-order valence-corrected chi connectivity index (χ0v) is 22.1. The number of ether oxygens (including phenoxy) is 1. The number of carboxylic acids is 2.